The molecule has 88 valence electrons. The molecule has 0 saturated carbocycles. The third-order valence-electron chi connectivity index (χ3n) is 2.44. The van der Waals surface area contributed by atoms with Crippen LogP contribution in [0.5, 0.6) is 0 Å². The Morgan fingerprint density at radius 3 is 2.81 bits per heavy atom. The highest BCUT2D eigenvalue weighted by molar-refractivity contribution is 5.69. The number of rotatable bonds is 6. The maximum Gasteiger partial charge on any atom is 0.305 e. The minimum Gasteiger partial charge on any atom is -0.469 e. The Morgan fingerprint density at radius 2 is 2.19 bits per heavy atom. The molecule has 0 bridgehead atoms. The molecule has 1 aromatic heterocycles. The summed E-state index contributed by atoms with van der Waals surface area (Å²) in [5, 5.41) is 3.34. The first-order valence-corrected chi connectivity index (χ1v) is 5.44. The van der Waals surface area contributed by atoms with Gasteiger partial charge in [0, 0.05) is 24.9 Å². The molecular formula is C12H18N2O2. The number of pyridine rings is 1. The van der Waals surface area contributed by atoms with Crippen LogP contribution in [0.1, 0.15) is 31.4 Å². The summed E-state index contributed by atoms with van der Waals surface area (Å²) in [6.45, 7) is 2.89. The van der Waals surface area contributed by atoms with E-state index >= 15 is 0 Å². The van der Waals surface area contributed by atoms with Gasteiger partial charge in [0.2, 0.25) is 0 Å². The second-order valence-corrected chi connectivity index (χ2v) is 3.64. The third kappa shape index (κ3) is 4.40. The molecule has 1 heterocycles. The SMILES string of the molecule is COC(=O)CCCNC(C)c1ccncc1. The Kier molecular flexibility index (Phi) is 5.50. The fourth-order valence-corrected chi connectivity index (χ4v) is 1.42. The van der Waals surface area contributed by atoms with Crippen LogP contribution < -0.4 is 5.32 Å². The topological polar surface area (TPSA) is 51.2 Å². The van der Waals surface area contributed by atoms with Gasteiger partial charge in [-0.1, -0.05) is 0 Å². The van der Waals surface area contributed by atoms with Gasteiger partial charge in [-0.15, -0.1) is 0 Å². The number of aromatic nitrogens is 1. The number of carbonyl (C=O) groups is 1. The van der Waals surface area contributed by atoms with Crippen LogP contribution in [0, 0.1) is 0 Å². The van der Waals surface area contributed by atoms with Crippen molar-refractivity contribution in [3.8, 4) is 0 Å². The van der Waals surface area contributed by atoms with Crippen molar-refractivity contribution in [2.75, 3.05) is 13.7 Å². The van der Waals surface area contributed by atoms with Gasteiger partial charge in [0.05, 0.1) is 7.11 Å². The first-order valence-electron chi connectivity index (χ1n) is 5.44. The highest BCUT2D eigenvalue weighted by Crippen LogP contribution is 2.09. The van der Waals surface area contributed by atoms with Crippen molar-refractivity contribution in [3.05, 3.63) is 30.1 Å². The Bertz CT molecular complexity index is 314. The fraction of sp³-hybridized carbons (Fsp3) is 0.500. The maximum atomic E-state index is 10.9. The molecule has 0 aliphatic heterocycles. The average molecular weight is 222 g/mol. The fourth-order valence-electron chi connectivity index (χ4n) is 1.42. The number of methoxy groups -OCH3 is 1. The number of hydrogen-bond donors (Lipinski definition) is 1. The zero-order valence-corrected chi connectivity index (χ0v) is 9.77. The van der Waals surface area contributed by atoms with Gasteiger partial charge >= 0.3 is 5.97 Å². The molecule has 1 rings (SSSR count). The van der Waals surface area contributed by atoms with Crippen molar-refractivity contribution < 1.29 is 9.53 Å². The van der Waals surface area contributed by atoms with Crippen molar-refractivity contribution in [1.82, 2.24) is 10.3 Å². The molecule has 0 spiro atoms. The Labute approximate surface area is 96.0 Å². The van der Waals surface area contributed by atoms with Gasteiger partial charge in [0.15, 0.2) is 0 Å². The number of esters is 1. The number of carbonyl (C=O) groups excluding carboxylic acids is 1. The van der Waals surface area contributed by atoms with E-state index in [4.69, 9.17) is 0 Å². The van der Waals surface area contributed by atoms with Gasteiger partial charge in [0.25, 0.3) is 0 Å². The monoisotopic (exact) mass is 222 g/mol. The summed E-state index contributed by atoms with van der Waals surface area (Å²) < 4.78 is 4.57. The normalized spacial score (nSPS) is 12.1. The molecule has 0 fully saturated rings. The van der Waals surface area contributed by atoms with E-state index in [2.05, 4.69) is 22.0 Å². The second-order valence-electron chi connectivity index (χ2n) is 3.64. The van der Waals surface area contributed by atoms with E-state index in [1.54, 1.807) is 12.4 Å². The zero-order chi connectivity index (χ0) is 11.8. The summed E-state index contributed by atoms with van der Waals surface area (Å²) in [7, 11) is 1.41. The summed E-state index contributed by atoms with van der Waals surface area (Å²) in [4.78, 5) is 14.8. The van der Waals surface area contributed by atoms with Gasteiger partial charge in [-0.3, -0.25) is 9.78 Å². The quantitative estimate of drug-likeness (QED) is 0.588. The molecule has 0 radical (unpaired) electrons. The second kappa shape index (κ2) is 6.95. The lowest BCUT2D eigenvalue weighted by Crippen LogP contribution is -2.20. The number of nitrogens with one attached hydrogen (secondary N) is 1. The lowest BCUT2D eigenvalue weighted by molar-refractivity contribution is -0.140. The van der Waals surface area contributed by atoms with Crippen molar-refractivity contribution in [1.29, 1.82) is 0 Å². The van der Waals surface area contributed by atoms with Gasteiger partial charge in [-0.2, -0.15) is 0 Å². The summed E-state index contributed by atoms with van der Waals surface area (Å²) >= 11 is 0. The van der Waals surface area contributed by atoms with Crippen LogP contribution in [0.15, 0.2) is 24.5 Å². The molecule has 1 aromatic rings. The summed E-state index contributed by atoms with van der Waals surface area (Å²) in [5.41, 5.74) is 1.20. The molecule has 4 heteroatoms. The first kappa shape index (κ1) is 12.6. The van der Waals surface area contributed by atoms with Crippen LogP contribution in [0.2, 0.25) is 0 Å². The largest absolute Gasteiger partial charge is 0.469 e. The highest BCUT2D eigenvalue weighted by atomic mass is 16.5. The van der Waals surface area contributed by atoms with E-state index < -0.39 is 0 Å². The Morgan fingerprint density at radius 1 is 1.50 bits per heavy atom. The van der Waals surface area contributed by atoms with E-state index in [0.29, 0.717) is 6.42 Å². The molecule has 0 saturated heterocycles. The molecule has 16 heavy (non-hydrogen) atoms. The number of hydrogen-bond acceptors (Lipinski definition) is 4. The van der Waals surface area contributed by atoms with Crippen LogP contribution >= 0.6 is 0 Å². The van der Waals surface area contributed by atoms with Crippen molar-refractivity contribution >= 4 is 5.97 Å². The molecule has 0 aliphatic carbocycles. The highest BCUT2D eigenvalue weighted by Gasteiger charge is 2.04. The summed E-state index contributed by atoms with van der Waals surface area (Å²) in [6, 6.07) is 4.25. The Balaban J connectivity index is 2.21. The predicted octanol–water partition coefficient (Wildman–Crippen LogP) is 1.69. The van der Waals surface area contributed by atoms with E-state index in [9.17, 15) is 4.79 Å². The molecule has 0 amide bonds. The minimum absolute atomic E-state index is 0.154. The van der Waals surface area contributed by atoms with Crippen molar-refractivity contribution in [3.63, 3.8) is 0 Å². The van der Waals surface area contributed by atoms with Crippen LogP contribution in [-0.4, -0.2) is 24.6 Å². The van der Waals surface area contributed by atoms with E-state index in [1.807, 2.05) is 12.1 Å². The third-order valence-corrected chi connectivity index (χ3v) is 2.44. The minimum atomic E-state index is -0.154. The van der Waals surface area contributed by atoms with Gasteiger partial charge in [0.1, 0.15) is 0 Å². The molecule has 1 N–H and O–H groups in total. The summed E-state index contributed by atoms with van der Waals surface area (Å²) in [5.74, 6) is -0.154. The molecular weight excluding hydrogens is 204 g/mol. The number of ether oxygens (including phenoxy) is 1. The lowest BCUT2D eigenvalue weighted by Gasteiger charge is -2.13. The van der Waals surface area contributed by atoms with Crippen LogP contribution in [-0.2, 0) is 9.53 Å². The van der Waals surface area contributed by atoms with Gasteiger partial charge in [-0.25, -0.2) is 0 Å². The molecule has 4 nitrogen and oxygen atoms in total. The molecule has 0 aromatic carbocycles. The van der Waals surface area contributed by atoms with Crippen molar-refractivity contribution in [2.24, 2.45) is 0 Å². The van der Waals surface area contributed by atoms with Gasteiger partial charge in [-0.05, 0) is 37.6 Å². The van der Waals surface area contributed by atoms with E-state index in [1.165, 1.54) is 12.7 Å². The van der Waals surface area contributed by atoms with Crippen LogP contribution in [0.4, 0.5) is 0 Å². The van der Waals surface area contributed by atoms with E-state index in [0.717, 1.165) is 13.0 Å². The maximum absolute atomic E-state index is 10.9. The molecule has 1 atom stereocenters. The zero-order valence-electron chi connectivity index (χ0n) is 9.77. The Hall–Kier alpha value is -1.42. The van der Waals surface area contributed by atoms with Crippen LogP contribution in [0.25, 0.3) is 0 Å². The average Bonchev–Trinajstić information content (AvgIpc) is 2.35. The smallest absolute Gasteiger partial charge is 0.305 e. The van der Waals surface area contributed by atoms with Crippen LogP contribution in [0.3, 0.4) is 0 Å². The number of nitrogens with zero attached hydrogens (tertiary/aromatic N) is 1. The standard InChI is InChI=1S/C12H18N2O2/c1-10(11-5-8-13-9-6-11)14-7-3-4-12(15)16-2/h5-6,8-10,14H,3-4,7H2,1-2H3. The van der Waals surface area contributed by atoms with Gasteiger partial charge < -0.3 is 10.1 Å². The van der Waals surface area contributed by atoms with E-state index in [-0.39, 0.29) is 12.0 Å². The summed E-state index contributed by atoms with van der Waals surface area (Å²) in [6.07, 6.45) is 4.82. The molecule has 0 aliphatic rings. The lowest BCUT2D eigenvalue weighted by atomic mass is 10.1. The first-order chi connectivity index (χ1) is 7.74. The predicted molar refractivity (Wildman–Crippen MR) is 61.9 cm³/mol. The molecule has 1 unspecified atom stereocenters. The van der Waals surface area contributed by atoms with Crippen molar-refractivity contribution in [2.45, 2.75) is 25.8 Å².